The topological polar surface area (TPSA) is 3.24 Å². The van der Waals surface area contributed by atoms with E-state index in [0.717, 1.165) is 5.41 Å². The van der Waals surface area contributed by atoms with Crippen LogP contribution < -0.4 is 0 Å². The number of hydrogen-bond acceptors (Lipinski definition) is 1. The van der Waals surface area contributed by atoms with Crippen LogP contribution in [0.25, 0.3) is 0 Å². The van der Waals surface area contributed by atoms with E-state index in [0.29, 0.717) is 0 Å². The quantitative estimate of drug-likeness (QED) is 0.450. The molecule has 0 atom stereocenters. The van der Waals surface area contributed by atoms with Gasteiger partial charge in [0.1, 0.15) is 7.28 Å². The molecule has 0 radical (unpaired) electrons. The first-order valence-electron chi connectivity index (χ1n) is 4.49. The highest BCUT2D eigenvalue weighted by Gasteiger charge is 2.39. The van der Waals surface area contributed by atoms with Crippen molar-refractivity contribution >= 4 is 7.28 Å². The number of piperidine rings is 1. The molecule has 2 aliphatic rings. The average molecular weight is 137 g/mol. The van der Waals surface area contributed by atoms with E-state index in [1.165, 1.54) is 45.9 Å². The van der Waals surface area contributed by atoms with Gasteiger partial charge in [0.15, 0.2) is 0 Å². The Hall–Kier alpha value is 0.0249. The first-order chi connectivity index (χ1) is 4.81. The summed E-state index contributed by atoms with van der Waals surface area (Å²) in [5, 5.41) is 0. The van der Waals surface area contributed by atoms with Crippen LogP contribution >= 0.6 is 0 Å². The van der Waals surface area contributed by atoms with Gasteiger partial charge in [-0.15, -0.1) is 0 Å². The van der Waals surface area contributed by atoms with Gasteiger partial charge in [-0.25, -0.2) is 0 Å². The Kier molecular flexibility index (Phi) is 1.52. The maximum absolute atomic E-state index is 2.50. The van der Waals surface area contributed by atoms with Crippen LogP contribution in [0.3, 0.4) is 0 Å². The minimum Gasteiger partial charge on any atom is -0.306 e. The van der Waals surface area contributed by atoms with Gasteiger partial charge in [0.25, 0.3) is 0 Å². The molecule has 2 aliphatic heterocycles. The maximum atomic E-state index is 2.50. The summed E-state index contributed by atoms with van der Waals surface area (Å²) in [6.07, 6.45) is 5.97. The molecule has 0 saturated carbocycles. The van der Waals surface area contributed by atoms with Crippen molar-refractivity contribution in [3.8, 4) is 0 Å². The van der Waals surface area contributed by atoms with E-state index in [-0.39, 0.29) is 0 Å². The molecule has 0 aromatic heterocycles. The first kappa shape index (κ1) is 6.72. The van der Waals surface area contributed by atoms with E-state index in [1.807, 2.05) is 0 Å². The van der Waals surface area contributed by atoms with Crippen molar-refractivity contribution in [2.24, 2.45) is 5.41 Å². The number of rotatable bonds is 0. The van der Waals surface area contributed by atoms with Crippen molar-refractivity contribution in [1.29, 1.82) is 0 Å². The largest absolute Gasteiger partial charge is 0.306 e. The Morgan fingerprint density at radius 1 is 1.40 bits per heavy atom. The minimum atomic E-state index is 0.799. The van der Waals surface area contributed by atoms with Gasteiger partial charge in [0.2, 0.25) is 0 Å². The Morgan fingerprint density at radius 2 is 2.20 bits per heavy atom. The molecule has 0 aliphatic carbocycles. The summed E-state index contributed by atoms with van der Waals surface area (Å²) in [4.78, 5) is 2.50. The third kappa shape index (κ3) is 0.988. The molecule has 2 rings (SSSR count). The molecule has 2 heterocycles. The second-order valence-corrected chi connectivity index (χ2v) is 4.19. The molecule has 2 saturated heterocycles. The summed E-state index contributed by atoms with van der Waals surface area (Å²) >= 11 is 0. The van der Waals surface area contributed by atoms with Crippen LogP contribution in [-0.2, 0) is 0 Å². The van der Waals surface area contributed by atoms with Crippen molar-refractivity contribution in [2.75, 3.05) is 20.1 Å². The number of hydrogen-bond donors (Lipinski definition) is 0. The van der Waals surface area contributed by atoms with E-state index in [4.69, 9.17) is 0 Å². The van der Waals surface area contributed by atoms with E-state index >= 15 is 0 Å². The van der Waals surface area contributed by atoms with E-state index in [2.05, 4.69) is 11.9 Å². The summed E-state index contributed by atoms with van der Waals surface area (Å²) in [6.45, 7) is 2.72. The first-order valence-corrected chi connectivity index (χ1v) is 4.49. The molecular weight excluding hydrogens is 121 g/mol. The highest BCUT2D eigenvalue weighted by atomic mass is 15.1. The van der Waals surface area contributed by atoms with Gasteiger partial charge in [-0.3, -0.25) is 0 Å². The monoisotopic (exact) mass is 137 g/mol. The van der Waals surface area contributed by atoms with Crippen LogP contribution in [0.4, 0.5) is 0 Å². The molecule has 1 spiro atoms. The second-order valence-electron chi connectivity index (χ2n) is 4.19. The SMILES string of the molecule is CN1CCCC2(CBC2)C1. The van der Waals surface area contributed by atoms with Crippen molar-refractivity contribution in [1.82, 2.24) is 4.90 Å². The van der Waals surface area contributed by atoms with Crippen molar-refractivity contribution in [3.05, 3.63) is 0 Å². The Balaban J connectivity index is 1.96. The standard InChI is InChI=1S/C8H16BN/c1-10-4-2-3-8(7-10)5-9-6-8/h9H,2-7H2,1H3. The normalized spacial score (nSPS) is 31.3. The van der Waals surface area contributed by atoms with Gasteiger partial charge in [-0.05, 0) is 31.8 Å². The van der Waals surface area contributed by atoms with Crippen LogP contribution in [0.5, 0.6) is 0 Å². The van der Waals surface area contributed by atoms with Gasteiger partial charge in [-0.2, -0.15) is 0 Å². The molecule has 2 fully saturated rings. The predicted octanol–water partition coefficient (Wildman–Crippen LogP) is 0.985. The molecule has 0 N–H and O–H groups in total. The number of likely N-dealkylation sites (tertiary alicyclic amines) is 1. The molecule has 2 heteroatoms. The molecule has 0 amide bonds. The van der Waals surface area contributed by atoms with Gasteiger partial charge in [0, 0.05) is 6.54 Å². The molecule has 0 unspecified atom stereocenters. The summed E-state index contributed by atoms with van der Waals surface area (Å²) in [5.74, 6) is 0. The third-order valence-corrected chi connectivity index (χ3v) is 3.27. The van der Waals surface area contributed by atoms with Crippen LogP contribution in [0, 0.1) is 5.41 Å². The highest BCUT2D eigenvalue weighted by Crippen LogP contribution is 2.44. The number of nitrogens with zero attached hydrogens (tertiary/aromatic N) is 1. The molecule has 56 valence electrons. The van der Waals surface area contributed by atoms with Crippen molar-refractivity contribution in [2.45, 2.75) is 25.5 Å². The van der Waals surface area contributed by atoms with Gasteiger partial charge < -0.3 is 4.90 Å². The lowest BCUT2D eigenvalue weighted by Crippen LogP contribution is -2.47. The molecule has 0 aromatic carbocycles. The van der Waals surface area contributed by atoms with E-state index in [1.54, 1.807) is 0 Å². The minimum absolute atomic E-state index is 0.799. The highest BCUT2D eigenvalue weighted by molar-refractivity contribution is 6.40. The fraction of sp³-hybridized carbons (Fsp3) is 1.00. The fourth-order valence-electron chi connectivity index (χ4n) is 2.54. The maximum Gasteiger partial charge on any atom is 0.121 e. The second kappa shape index (κ2) is 2.26. The third-order valence-electron chi connectivity index (χ3n) is 3.27. The molecule has 1 nitrogen and oxygen atoms in total. The van der Waals surface area contributed by atoms with E-state index < -0.39 is 0 Å². The predicted molar refractivity (Wildman–Crippen MR) is 45.9 cm³/mol. The zero-order chi connectivity index (χ0) is 7.03. The van der Waals surface area contributed by atoms with Crippen molar-refractivity contribution in [3.63, 3.8) is 0 Å². The van der Waals surface area contributed by atoms with Crippen molar-refractivity contribution < 1.29 is 0 Å². The Morgan fingerprint density at radius 3 is 2.60 bits per heavy atom. The molecule has 0 bridgehead atoms. The smallest absolute Gasteiger partial charge is 0.121 e. The van der Waals surface area contributed by atoms with Gasteiger partial charge >= 0.3 is 0 Å². The van der Waals surface area contributed by atoms with Crippen LogP contribution in [0.2, 0.25) is 12.6 Å². The molecule has 10 heavy (non-hydrogen) atoms. The lowest BCUT2D eigenvalue weighted by molar-refractivity contribution is 0.128. The Bertz CT molecular complexity index is 131. The van der Waals surface area contributed by atoms with Gasteiger partial charge in [-0.1, -0.05) is 12.6 Å². The zero-order valence-electron chi connectivity index (χ0n) is 6.90. The van der Waals surface area contributed by atoms with Gasteiger partial charge in [0.05, 0.1) is 0 Å². The molecule has 0 aromatic rings. The molecular formula is C8H16BN. The lowest BCUT2D eigenvalue weighted by atomic mass is 9.41. The summed E-state index contributed by atoms with van der Waals surface area (Å²) in [7, 11) is 3.76. The fourth-order valence-corrected chi connectivity index (χ4v) is 2.54. The van der Waals surface area contributed by atoms with Crippen LogP contribution in [0.15, 0.2) is 0 Å². The van der Waals surface area contributed by atoms with E-state index in [9.17, 15) is 0 Å². The summed E-state index contributed by atoms with van der Waals surface area (Å²) in [6, 6.07) is 0. The van der Waals surface area contributed by atoms with Crippen LogP contribution in [-0.4, -0.2) is 32.3 Å². The summed E-state index contributed by atoms with van der Waals surface area (Å²) < 4.78 is 0. The van der Waals surface area contributed by atoms with Crippen LogP contribution in [0.1, 0.15) is 12.8 Å². The Labute approximate surface area is 64.0 Å². The summed E-state index contributed by atoms with van der Waals surface area (Å²) in [5.41, 5.74) is 0.799. The average Bonchev–Trinajstić information content (AvgIpc) is 1.85. The lowest BCUT2D eigenvalue weighted by Gasteiger charge is -2.47. The zero-order valence-corrected chi connectivity index (χ0v) is 6.90.